The van der Waals surface area contributed by atoms with Crippen molar-refractivity contribution >= 4 is 6.09 Å². The third kappa shape index (κ3) is 4.65. The Balaban J connectivity index is 1.91. The van der Waals surface area contributed by atoms with Crippen LogP contribution in [0.4, 0.5) is 4.79 Å². The van der Waals surface area contributed by atoms with E-state index in [9.17, 15) is 4.79 Å². The van der Waals surface area contributed by atoms with Gasteiger partial charge in [-0.3, -0.25) is 0 Å². The Hall–Kier alpha value is -0.770. The molecule has 2 unspecified atom stereocenters. The standard InChI is InChI=1S/C16H30N2O2/c1-16(2,3)20-15(19)18-14-9-10-17-11-13(14)12-7-5-4-6-8-12/h12-14,17H,4-11H2,1-3H3,(H,18,19). The van der Waals surface area contributed by atoms with E-state index < -0.39 is 5.60 Å². The molecule has 0 aromatic rings. The average Bonchev–Trinajstić information content (AvgIpc) is 2.38. The highest BCUT2D eigenvalue weighted by molar-refractivity contribution is 5.68. The number of carbonyl (C=O) groups excluding carboxylic acids is 1. The Morgan fingerprint density at radius 1 is 1.15 bits per heavy atom. The van der Waals surface area contributed by atoms with Crippen molar-refractivity contribution in [2.24, 2.45) is 11.8 Å². The largest absolute Gasteiger partial charge is 0.444 e. The third-order valence-corrected chi connectivity index (χ3v) is 4.49. The van der Waals surface area contributed by atoms with Gasteiger partial charge in [-0.2, -0.15) is 0 Å². The van der Waals surface area contributed by atoms with E-state index in [2.05, 4.69) is 10.6 Å². The zero-order valence-electron chi connectivity index (χ0n) is 13.2. The SMILES string of the molecule is CC(C)(C)OC(=O)NC1CCNCC1C1CCCCC1. The summed E-state index contributed by atoms with van der Waals surface area (Å²) in [5, 5.41) is 6.61. The van der Waals surface area contributed by atoms with Crippen LogP contribution >= 0.6 is 0 Å². The minimum absolute atomic E-state index is 0.259. The Labute approximate surface area is 123 Å². The molecule has 0 spiro atoms. The predicted molar refractivity (Wildman–Crippen MR) is 80.7 cm³/mol. The molecule has 0 radical (unpaired) electrons. The smallest absolute Gasteiger partial charge is 0.407 e. The molecule has 0 aromatic heterocycles. The highest BCUT2D eigenvalue weighted by Crippen LogP contribution is 2.33. The molecule has 1 heterocycles. The van der Waals surface area contributed by atoms with Crippen molar-refractivity contribution < 1.29 is 9.53 Å². The van der Waals surface area contributed by atoms with Crippen LogP contribution in [0.3, 0.4) is 0 Å². The molecule has 2 fully saturated rings. The molecule has 4 nitrogen and oxygen atoms in total. The molecule has 1 aliphatic carbocycles. The van der Waals surface area contributed by atoms with Gasteiger partial charge in [-0.1, -0.05) is 32.1 Å². The maximum atomic E-state index is 12.0. The van der Waals surface area contributed by atoms with Gasteiger partial charge >= 0.3 is 6.09 Å². The summed E-state index contributed by atoms with van der Waals surface area (Å²) in [5.41, 5.74) is -0.419. The summed E-state index contributed by atoms with van der Waals surface area (Å²) in [5.74, 6) is 1.33. The van der Waals surface area contributed by atoms with Crippen LogP contribution in [0.5, 0.6) is 0 Å². The maximum Gasteiger partial charge on any atom is 0.407 e. The molecule has 2 N–H and O–H groups in total. The molecule has 116 valence electrons. The van der Waals surface area contributed by atoms with E-state index in [1.165, 1.54) is 32.1 Å². The van der Waals surface area contributed by atoms with Gasteiger partial charge in [-0.15, -0.1) is 0 Å². The van der Waals surface area contributed by atoms with Gasteiger partial charge in [0.1, 0.15) is 5.60 Å². The second-order valence-corrected chi connectivity index (χ2v) is 7.31. The van der Waals surface area contributed by atoms with E-state index >= 15 is 0 Å². The summed E-state index contributed by atoms with van der Waals surface area (Å²) >= 11 is 0. The van der Waals surface area contributed by atoms with Gasteiger partial charge in [-0.05, 0) is 45.6 Å². The Morgan fingerprint density at radius 3 is 2.50 bits per heavy atom. The van der Waals surface area contributed by atoms with Crippen molar-refractivity contribution in [3.8, 4) is 0 Å². The zero-order chi connectivity index (χ0) is 14.6. The van der Waals surface area contributed by atoms with Crippen LogP contribution in [-0.4, -0.2) is 30.8 Å². The highest BCUT2D eigenvalue weighted by atomic mass is 16.6. The van der Waals surface area contributed by atoms with Crippen molar-refractivity contribution in [3.63, 3.8) is 0 Å². The Morgan fingerprint density at radius 2 is 1.85 bits per heavy atom. The van der Waals surface area contributed by atoms with E-state index in [4.69, 9.17) is 4.74 Å². The maximum absolute atomic E-state index is 12.0. The van der Waals surface area contributed by atoms with Crippen molar-refractivity contribution in [1.29, 1.82) is 0 Å². The lowest BCUT2D eigenvalue weighted by Gasteiger charge is -2.39. The van der Waals surface area contributed by atoms with Crippen LogP contribution in [0.2, 0.25) is 0 Å². The van der Waals surface area contributed by atoms with Crippen LogP contribution in [0.15, 0.2) is 0 Å². The first-order valence-corrected chi connectivity index (χ1v) is 8.16. The molecule has 1 aliphatic heterocycles. The number of hydrogen-bond donors (Lipinski definition) is 2. The van der Waals surface area contributed by atoms with Gasteiger partial charge in [-0.25, -0.2) is 4.79 Å². The number of alkyl carbamates (subject to hydrolysis) is 1. The zero-order valence-corrected chi connectivity index (χ0v) is 13.2. The monoisotopic (exact) mass is 282 g/mol. The van der Waals surface area contributed by atoms with Gasteiger partial charge < -0.3 is 15.4 Å². The van der Waals surface area contributed by atoms with Crippen LogP contribution in [0.1, 0.15) is 59.3 Å². The predicted octanol–water partition coefficient (Wildman–Crippen LogP) is 3.07. The molecule has 2 rings (SSSR count). The summed E-state index contributed by atoms with van der Waals surface area (Å²) in [6.45, 7) is 7.75. The van der Waals surface area contributed by atoms with Gasteiger partial charge in [0.2, 0.25) is 0 Å². The first-order chi connectivity index (χ1) is 9.46. The molecule has 1 amide bonds. The quantitative estimate of drug-likeness (QED) is 0.818. The topological polar surface area (TPSA) is 50.4 Å². The molecule has 2 atom stereocenters. The molecule has 0 bridgehead atoms. The van der Waals surface area contributed by atoms with Gasteiger partial charge in [0.25, 0.3) is 0 Å². The molecular weight excluding hydrogens is 252 g/mol. The Bertz CT molecular complexity index is 319. The van der Waals surface area contributed by atoms with Gasteiger partial charge in [0.15, 0.2) is 0 Å². The molecule has 0 aromatic carbocycles. The first kappa shape index (κ1) is 15.6. The lowest BCUT2D eigenvalue weighted by molar-refractivity contribution is 0.0444. The number of ether oxygens (including phenoxy) is 1. The number of piperidine rings is 1. The molecule has 1 saturated heterocycles. The van der Waals surface area contributed by atoms with Crippen LogP contribution < -0.4 is 10.6 Å². The van der Waals surface area contributed by atoms with E-state index in [-0.39, 0.29) is 12.1 Å². The summed E-state index contributed by atoms with van der Waals surface area (Å²) in [4.78, 5) is 12.0. The van der Waals surface area contributed by atoms with Crippen molar-refractivity contribution in [2.75, 3.05) is 13.1 Å². The van der Waals surface area contributed by atoms with Crippen molar-refractivity contribution in [2.45, 2.75) is 70.9 Å². The average molecular weight is 282 g/mol. The number of carbonyl (C=O) groups is 1. The van der Waals surface area contributed by atoms with Crippen molar-refractivity contribution in [3.05, 3.63) is 0 Å². The van der Waals surface area contributed by atoms with E-state index in [0.29, 0.717) is 5.92 Å². The van der Waals surface area contributed by atoms with E-state index in [1.807, 2.05) is 20.8 Å². The first-order valence-electron chi connectivity index (χ1n) is 8.16. The fourth-order valence-electron chi connectivity index (χ4n) is 3.58. The number of rotatable bonds is 2. The summed E-state index contributed by atoms with van der Waals surface area (Å²) in [6, 6.07) is 0.272. The number of amides is 1. The van der Waals surface area contributed by atoms with Gasteiger partial charge in [0, 0.05) is 12.6 Å². The summed E-state index contributed by atoms with van der Waals surface area (Å²) < 4.78 is 5.41. The molecule has 20 heavy (non-hydrogen) atoms. The number of nitrogens with one attached hydrogen (secondary N) is 2. The third-order valence-electron chi connectivity index (χ3n) is 4.49. The lowest BCUT2D eigenvalue weighted by Crippen LogP contribution is -2.53. The summed E-state index contributed by atoms with van der Waals surface area (Å²) in [7, 11) is 0. The normalized spacial score (nSPS) is 28.9. The Kier molecular flexibility index (Phi) is 5.30. The fourth-order valence-corrected chi connectivity index (χ4v) is 3.58. The van der Waals surface area contributed by atoms with Crippen LogP contribution in [0.25, 0.3) is 0 Å². The molecule has 4 heteroatoms. The molecular formula is C16H30N2O2. The highest BCUT2D eigenvalue weighted by Gasteiger charge is 2.34. The van der Waals surface area contributed by atoms with E-state index in [1.54, 1.807) is 0 Å². The molecule has 2 aliphatic rings. The van der Waals surface area contributed by atoms with E-state index in [0.717, 1.165) is 25.4 Å². The lowest BCUT2D eigenvalue weighted by atomic mass is 9.74. The van der Waals surface area contributed by atoms with Crippen LogP contribution in [-0.2, 0) is 4.74 Å². The summed E-state index contributed by atoms with van der Waals surface area (Å²) in [6.07, 6.45) is 7.46. The fraction of sp³-hybridized carbons (Fsp3) is 0.938. The van der Waals surface area contributed by atoms with Crippen LogP contribution in [0, 0.1) is 11.8 Å². The van der Waals surface area contributed by atoms with Gasteiger partial charge in [0.05, 0.1) is 0 Å². The minimum Gasteiger partial charge on any atom is -0.444 e. The van der Waals surface area contributed by atoms with Crippen molar-refractivity contribution in [1.82, 2.24) is 10.6 Å². The minimum atomic E-state index is -0.419. The number of hydrogen-bond acceptors (Lipinski definition) is 3. The second-order valence-electron chi connectivity index (χ2n) is 7.31. The second kappa shape index (κ2) is 6.79. The molecule has 1 saturated carbocycles.